The molecule has 0 spiro atoms. The summed E-state index contributed by atoms with van der Waals surface area (Å²) in [6.45, 7) is 14.6. The van der Waals surface area contributed by atoms with Crippen molar-refractivity contribution in [3.8, 4) is 0 Å². The average molecular weight is 858 g/mol. The number of aliphatic carboxylic acids is 1. The summed E-state index contributed by atoms with van der Waals surface area (Å²) in [5, 5.41) is 36.7. The molecule has 336 valence electrons. The summed E-state index contributed by atoms with van der Waals surface area (Å²) in [6, 6.07) is -9.15. The third-order valence-corrected chi connectivity index (χ3v) is 9.66. The van der Waals surface area contributed by atoms with E-state index in [1.54, 1.807) is 0 Å². The fourth-order valence-electron chi connectivity index (χ4n) is 6.26. The second-order valence-corrected chi connectivity index (χ2v) is 16.7. The van der Waals surface area contributed by atoms with E-state index in [2.05, 4.69) is 49.8 Å². The van der Waals surface area contributed by atoms with E-state index < -0.39 is 114 Å². The van der Waals surface area contributed by atoms with Crippen LogP contribution in [-0.4, -0.2) is 142 Å². The summed E-state index contributed by atoms with van der Waals surface area (Å²) >= 11 is 4.17. The largest absolute Gasteiger partial charge is 0.480 e. The van der Waals surface area contributed by atoms with Crippen LogP contribution in [0.1, 0.15) is 94.4 Å². The monoisotopic (exact) mass is 857 g/mol. The highest BCUT2D eigenvalue weighted by Crippen LogP contribution is 2.21. The maximum atomic E-state index is 14.0. The number of hydrogen-bond donors (Lipinski definition) is 11. The molecule has 0 unspecified atom stereocenters. The molecule has 11 N–H and O–H groups in total. The minimum Gasteiger partial charge on any atom is -0.480 e. The normalized spacial score (nSPS) is 18.0. The molecule has 1 aliphatic rings. The first kappa shape index (κ1) is 52.5. The second kappa shape index (κ2) is 25.2. The molecule has 59 heavy (non-hydrogen) atoms. The van der Waals surface area contributed by atoms with Gasteiger partial charge in [-0.05, 0) is 70.6 Å². The van der Waals surface area contributed by atoms with Crippen LogP contribution >= 0.6 is 12.6 Å². The Morgan fingerprint density at radius 1 is 0.644 bits per heavy atom. The van der Waals surface area contributed by atoms with Gasteiger partial charge in [-0.25, -0.2) is 0 Å². The number of thiol groups is 1. The second-order valence-electron chi connectivity index (χ2n) is 16.4. The van der Waals surface area contributed by atoms with E-state index in [-0.39, 0.29) is 55.7 Å². The van der Waals surface area contributed by atoms with Crippen LogP contribution in [0.4, 0.5) is 0 Å². The fraction of sp³-hybridized carbons (Fsp3) is 0.763. The molecule has 20 nitrogen and oxygen atoms in total. The SMILES string of the molecule is CC(C)C[C@H](NC(=O)[C@H](CC(C)C)NC(=O)[C@@H]1CCCN1C(=O)[C@H](CC(C)C)NC(=O)[C@@H](NC(=O)[C@H](C)N)[C@@H](C)O)C(=O)N[C@@H](CS)C(=O)N[C@@H](C)C(=O)NCC(=O)O. The lowest BCUT2D eigenvalue weighted by molar-refractivity contribution is -0.143. The molecule has 1 heterocycles. The number of nitrogens with two attached hydrogens (primary N) is 1. The van der Waals surface area contributed by atoms with Gasteiger partial charge in [0.15, 0.2) is 0 Å². The Balaban J connectivity index is 3.22. The van der Waals surface area contributed by atoms with Crippen LogP contribution < -0.4 is 43.0 Å². The number of likely N-dealkylation sites (tertiary alicyclic amines) is 1. The molecule has 0 aromatic carbocycles. The Hall–Kier alpha value is -4.50. The number of rotatable bonds is 24. The lowest BCUT2D eigenvalue weighted by Crippen LogP contribution is -2.61. The van der Waals surface area contributed by atoms with Crippen molar-refractivity contribution in [2.45, 2.75) is 149 Å². The van der Waals surface area contributed by atoms with Crippen molar-refractivity contribution in [1.29, 1.82) is 0 Å². The van der Waals surface area contributed by atoms with E-state index >= 15 is 0 Å². The number of carbonyl (C=O) groups excluding carboxylic acids is 8. The molecule has 1 fully saturated rings. The number of carboxylic acid groups (broad SMARTS) is 1. The molecule has 0 aromatic heterocycles. The molecular formula is C38H67N9O11S. The number of nitrogens with zero attached hydrogens (tertiary/aromatic N) is 1. The standard InChI is InChI=1S/C38H67N9O11S/c1-18(2)13-24(34(54)45-27(17-59)35(55)41-22(8)32(52)40-16-29(49)50)42-33(53)25(14-19(3)4)43-36(56)28-11-10-12-47(28)38(58)26(15-20(5)6)44-37(57)30(23(9)48)46-31(51)21(7)39/h18-28,30,48,59H,10-17,39H2,1-9H3,(H,40,52)(H,41,55)(H,42,53)(H,43,56)(H,44,57)(H,45,54)(H,46,51)(H,49,50)/t21-,22-,23+,24-,25-,26-,27-,28-,30-/m0/s1. The van der Waals surface area contributed by atoms with Gasteiger partial charge in [0.1, 0.15) is 48.8 Å². The van der Waals surface area contributed by atoms with Crippen LogP contribution in [0.2, 0.25) is 0 Å². The van der Waals surface area contributed by atoms with Crippen molar-refractivity contribution in [2.24, 2.45) is 23.5 Å². The number of amides is 8. The van der Waals surface area contributed by atoms with E-state index in [1.165, 1.54) is 25.7 Å². The number of aliphatic hydroxyl groups is 1. The topological polar surface area (TPSA) is 308 Å². The molecule has 0 aromatic rings. The molecule has 0 radical (unpaired) electrons. The third-order valence-electron chi connectivity index (χ3n) is 9.30. The number of aliphatic hydroxyl groups excluding tert-OH is 1. The quantitative estimate of drug-likeness (QED) is 0.0466. The molecule has 9 atom stereocenters. The Morgan fingerprint density at radius 3 is 1.59 bits per heavy atom. The number of carboxylic acids is 1. The van der Waals surface area contributed by atoms with Crippen LogP contribution in [0, 0.1) is 17.8 Å². The first-order chi connectivity index (χ1) is 27.4. The highest BCUT2D eigenvalue weighted by molar-refractivity contribution is 7.80. The zero-order valence-corrected chi connectivity index (χ0v) is 36.5. The smallest absolute Gasteiger partial charge is 0.322 e. The van der Waals surface area contributed by atoms with Gasteiger partial charge in [-0.3, -0.25) is 43.2 Å². The molecule has 0 aliphatic carbocycles. The molecule has 8 amide bonds. The van der Waals surface area contributed by atoms with Gasteiger partial charge in [0.05, 0.1) is 12.1 Å². The van der Waals surface area contributed by atoms with Crippen LogP contribution in [0.5, 0.6) is 0 Å². The maximum absolute atomic E-state index is 14.0. The molecule has 21 heteroatoms. The van der Waals surface area contributed by atoms with E-state index in [4.69, 9.17) is 10.8 Å². The minimum atomic E-state index is -1.40. The lowest BCUT2D eigenvalue weighted by Gasteiger charge is -2.32. The third kappa shape index (κ3) is 18.1. The predicted molar refractivity (Wildman–Crippen MR) is 220 cm³/mol. The minimum absolute atomic E-state index is 0.0872. The summed E-state index contributed by atoms with van der Waals surface area (Å²) in [7, 11) is 0. The molecule has 0 bridgehead atoms. The van der Waals surface area contributed by atoms with Gasteiger partial charge >= 0.3 is 5.97 Å². The Kier molecular flexibility index (Phi) is 22.4. The molecule has 1 saturated heterocycles. The van der Waals surface area contributed by atoms with Crippen molar-refractivity contribution >= 4 is 65.9 Å². The average Bonchev–Trinajstić information content (AvgIpc) is 3.63. The van der Waals surface area contributed by atoms with E-state index in [9.17, 15) is 48.3 Å². The van der Waals surface area contributed by atoms with Crippen molar-refractivity contribution in [3.05, 3.63) is 0 Å². The molecule has 1 aliphatic heterocycles. The van der Waals surface area contributed by atoms with Crippen molar-refractivity contribution in [1.82, 2.24) is 42.1 Å². The van der Waals surface area contributed by atoms with Gasteiger partial charge in [0.25, 0.3) is 0 Å². The van der Waals surface area contributed by atoms with Gasteiger partial charge in [0.2, 0.25) is 47.3 Å². The van der Waals surface area contributed by atoms with Crippen LogP contribution in [0.15, 0.2) is 0 Å². The van der Waals surface area contributed by atoms with Gasteiger partial charge in [-0.15, -0.1) is 0 Å². The predicted octanol–water partition coefficient (Wildman–Crippen LogP) is -2.10. The Bertz CT molecular complexity index is 1490. The summed E-state index contributed by atoms with van der Waals surface area (Å²) < 4.78 is 0. The number of hydrogen-bond acceptors (Lipinski definition) is 12. The molecule has 1 rings (SSSR count). The summed E-state index contributed by atoms with van der Waals surface area (Å²) in [5.41, 5.74) is 5.62. The van der Waals surface area contributed by atoms with E-state index in [1.807, 2.05) is 41.5 Å². The first-order valence-electron chi connectivity index (χ1n) is 20.1. The summed E-state index contributed by atoms with van der Waals surface area (Å²) in [4.78, 5) is 118. The maximum Gasteiger partial charge on any atom is 0.322 e. The number of carbonyl (C=O) groups is 9. The van der Waals surface area contributed by atoms with Crippen molar-refractivity contribution in [2.75, 3.05) is 18.8 Å². The van der Waals surface area contributed by atoms with Gasteiger partial charge in [0, 0.05) is 12.3 Å². The van der Waals surface area contributed by atoms with Crippen LogP contribution in [0.25, 0.3) is 0 Å². The molecular weight excluding hydrogens is 791 g/mol. The van der Waals surface area contributed by atoms with Gasteiger partial charge in [-0.2, -0.15) is 12.6 Å². The fourth-order valence-corrected chi connectivity index (χ4v) is 6.51. The van der Waals surface area contributed by atoms with E-state index in [0.717, 1.165) is 0 Å². The lowest BCUT2D eigenvalue weighted by atomic mass is 9.99. The Morgan fingerprint density at radius 2 is 1.12 bits per heavy atom. The highest BCUT2D eigenvalue weighted by Gasteiger charge is 2.40. The van der Waals surface area contributed by atoms with Crippen LogP contribution in [-0.2, 0) is 43.2 Å². The zero-order chi connectivity index (χ0) is 45.3. The first-order valence-corrected chi connectivity index (χ1v) is 20.7. The van der Waals surface area contributed by atoms with Gasteiger partial charge in [-0.1, -0.05) is 41.5 Å². The summed E-state index contributed by atoms with van der Waals surface area (Å²) in [6.07, 6.45) is -0.111. The van der Waals surface area contributed by atoms with Crippen LogP contribution in [0.3, 0.4) is 0 Å². The number of nitrogens with one attached hydrogen (secondary N) is 7. The van der Waals surface area contributed by atoms with Crippen molar-refractivity contribution < 1.29 is 53.4 Å². The Labute approximate surface area is 351 Å². The van der Waals surface area contributed by atoms with E-state index in [0.29, 0.717) is 6.42 Å². The molecule has 0 saturated carbocycles. The van der Waals surface area contributed by atoms with Gasteiger partial charge < -0.3 is 58.1 Å². The van der Waals surface area contributed by atoms with Crippen molar-refractivity contribution in [3.63, 3.8) is 0 Å². The highest BCUT2D eigenvalue weighted by atomic mass is 32.1. The summed E-state index contributed by atoms with van der Waals surface area (Å²) in [5.74, 6) is -7.34. The zero-order valence-electron chi connectivity index (χ0n) is 35.6.